The van der Waals surface area contributed by atoms with Gasteiger partial charge in [-0.1, -0.05) is 18.2 Å². The predicted octanol–water partition coefficient (Wildman–Crippen LogP) is 3.42. The van der Waals surface area contributed by atoms with Gasteiger partial charge in [-0.25, -0.2) is 4.79 Å². The summed E-state index contributed by atoms with van der Waals surface area (Å²) in [6.07, 6.45) is 0. The lowest BCUT2D eigenvalue weighted by atomic mass is 10.1. The molecule has 0 unspecified atom stereocenters. The number of anilines is 6. The summed E-state index contributed by atoms with van der Waals surface area (Å²) < 4.78 is 0. The molecule has 0 fully saturated rings. The standard InChI is InChI=1S/C25H23N7O5/c33-13-12-26-23-30-24(28-16-4-2-1-3-5-16)32-25(31-23)29-18-10-11-20(34)19(14-18)21(35)27-17-8-6-15(7-9-17)22(36)37/h1-11,14,33-34H,12-13H2,(H,27,35)(H,36,37)(H3,26,28,29,30,31,32). The topological polar surface area (TPSA) is 182 Å². The Morgan fingerprint density at radius 1 is 0.757 bits per heavy atom. The molecule has 4 aromatic rings. The molecule has 12 nitrogen and oxygen atoms in total. The van der Waals surface area contributed by atoms with Gasteiger partial charge in [-0.3, -0.25) is 4.79 Å². The summed E-state index contributed by atoms with van der Waals surface area (Å²) in [5.41, 5.74) is 1.59. The van der Waals surface area contributed by atoms with Crippen LogP contribution in [0.1, 0.15) is 20.7 Å². The molecule has 0 spiro atoms. The van der Waals surface area contributed by atoms with E-state index < -0.39 is 11.9 Å². The number of aromatic hydroxyl groups is 1. The summed E-state index contributed by atoms with van der Waals surface area (Å²) in [5, 5.41) is 40.0. The van der Waals surface area contributed by atoms with Gasteiger partial charge in [-0.15, -0.1) is 0 Å². The maximum Gasteiger partial charge on any atom is 0.335 e. The molecule has 0 aliphatic rings. The number of para-hydroxylation sites is 1. The van der Waals surface area contributed by atoms with Crippen LogP contribution in [0, 0.1) is 0 Å². The number of nitrogens with zero attached hydrogens (tertiary/aromatic N) is 3. The fourth-order valence-electron chi connectivity index (χ4n) is 3.20. The maximum atomic E-state index is 12.8. The first-order chi connectivity index (χ1) is 17.9. The summed E-state index contributed by atoms with van der Waals surface area (Å²) in [6.45, 7) is 0.108. The number of hydrogen-bond donors (Lipinski definition) is 7. The molecule has 0 atom stereocenters. The fourth-order valence-corrected chi connectivity index (χ4v) is 3.20. The van der Waals surface area contributed by atoms with E-state index in [0.717, 1.165) is 5.69 Å². The summed E-state index contributed by atoms with van der Waals surface area (Å²) in [4.78, 5) is 36.7. The number of hydrogen-bond acceptors (Lipinski definition) is 10. The quantitative estimate of drug-likeness (QED) is 0.158. The van der Waals surface area contributed by atoms with Gasteiger partial charge in [-0.2, -0.15) is 15.0 Å². The molecule has 1 heterocycles. The third-order valence-corrected chi connectivity index (χ3v) is 4.95. The highest BCUT2D eigenvalue weighted by Crippen LogP contribution is 2.25. The molecule has 188 valence electrons. The second kappa shape index (κ2) is 11.5. The number of carbonyl (C=O) groups excluding carboxylic acids is 1. The Labute approximate surface area is 211 Å². The van der Waals surface area contributed by atoms with Gasteiger partial charge in [0.05, 0.1) is 17.7 Å². The number of carbonyl (C=O) groups is 2. The summed E-state index contributed by atoms with van der Waals surface area (Å²) in [7, 11) is 0. The predicted molar refractivity (Wildman–Crippen MR) is 138 cm³/mol. The zero-order valence-corrected chi connectivity index (χ0v) is 19.3. The normalized spacial score (nSPS) is 10.4. The van der Waals surface area contributed by atoms with Crippen molar-refractivity contribution in [3.05, 3.63) is 83.9 Å². The average Bonchev–Trinajstić information content (AvgIpc) is 2.89. The molecular formula is C25H23N7O5. The first-order valence-corrected chi connectivity index (χ1v) is 11.1. The minimum absolute atomic E-state index is 0.0253. The number of aliphatic hydroxyl groups excluding tert-OH is 1. The van der Waals surface area contributed by atoms with Crippen molar-refractivity contribution < 1.29 is 24.9 Å². The lowest BCUT2D eigenvalue weighted by molar-refractivity contribution is 0.0696. The van der Waals surface area contributed by atoms with Gasteiger partial charge >= 0.3 is 5.97 Å². The van der Waals surface area contributed by atoms with Crippen molar-refractivity contribution in [3.8, 4) is 5.75 Å². The number of aromatic carboxylic acids is 1. The molecule has 0 saturated carbocycles. The van der Waals surface area contributed by atoms with Crippen LogP contribution in [0.15, 0.2) is 72.8 Å². The highest BCUT2D eigenvalue weighted by Gasteiger charge is 2.14. The Hall–Kier alpha value is -5.23. The van der Waals surface area contributed by atoms with Crippen LogP contribution in [0.25, 0.3) is 0 Å². The van der Waals surface area contributed by atoms with Crippen LogP contribution >= 0.6 is 0 Å². The number of aromatic nitrogens is 3. The Bertz CT molecular complexity index is 1400. The van der Waals surface area contributed by atoms with Crippen LogP contribution < -0.4 is 21.3 Å². The van der Waals surface area contributed by atoms with E-state index >= 15 is 0 Å². The molecule has 4 rings (SSSR count). The largest absolute Gasteiger partial charge is 0.507 e. The summed E-state index contributed by atoms with van der Waals surface area (Å²) >= 11 is 0. The highest BCUT2D eigenvalue weighted by molar-refractivity contribution is 6.07. The van der Waals surface area contributed by atoms with Crippen molar-refractivity contribution in [2.75, 3.05) is 34.4 Å². The molecule has 12 heteroatoms. The molecule has 0 bridgehead atoms. The lowest BCUT2D eigenvalue weighted by Crippen LogP contribution is -2.13. The molecule has 0 aliphatic carbocycles. The number of benzene rings is 3. The highest BCUT2D eigenvalue weighted by atomic mass is 16.4. The first-order valence-electron chi connectivity index (χ1n) is 11.1. The van der Waals surface area contributed by atoms with E-state index in [1.165, 1.54) is 36.4 Å². The average molecular weight is 502 g/mol. The molecule has 3 aromatic carbocycles. The molecule has 37 heavy (non-hydrogen) atoms. The second-order valence-corrected chi connectivity index (χ2v) is 7.64. The second-order valence-electron chi connectivity index (χ2n) is 7.64. The number of amides is 1. The Morgan fingerprint density at radius 3 is 2.03 bits per heavy atom. The molecule has 1 amide bonds. The minimum Gasteiger partial charge on any atom is -0.507 e. The Morgan fingerprint density at radius 2 is 1.38 bits per heavy atom. The molecule has 1 aromatic heterocycles. The van der Waals surface area contributed by atoms with Crippen LogP contribution in [0.3, 0.4) is 0 Å². The van der Waals surface area contributed by atoms with E-state index in [-0.39, 0.29) is 47.9 Å². The zero-order chi connectivity index (χ0) is 26.2. The van der Waals surface area contributed by atoms with Gasteiger partial charge in [0.15, 0.2) is 0 Å². The zero-order valence-electron chi connectivity index (χ0n) is 19.3. The van der Waals surface area contributed by atoms with Gasteiger partial charge in [0.2, 0.25) is 17.8 Å². The van der Waals surface area contributed by atoms with Crippen molar-refractivity contribution in [1.29, 1.82) is 0 Å². The van der Waals surface area contributed by atoms with Crippen molar-refractivity contribution >= 4 is 46.8 Å². The molecule has 0 saturated heterocycles. The molecular weight excluding hydrogens is 478 g/mol. The van der Waals surface area contributed by atoms with Gasteiger partial charge in [-0.05, 0) is 54.6 Å². The number of carboxylic acids is 1. The molecule has 0 radical (unpaired) electrons. The van der Waals surface area contributed by atoms with Gasteiger partial charge in [0.1, 0.15) is 5.75 Å². The van der Waals surface area contributed by atoms with Crippen LogP contribution in [0.2, 0.25) is 0 Å². The van der Waals surface area contributed by atoms with Gasteiger partial charge in [0.25, 0.3) is 5.91 Å². The third kappa shape index (κ3) is 6.68. The maximum absolute atomic E-state index is 12.8. The number of phenols is 1. The summed E-state index contributed by atoms with van der Waals surface area (Å²) in [6, 6.07) is 19.2. The van der Waals surface area contributed by atoms with Crippen molar-refractivity contribution in [2.45, 2.75) is 0 Å². The number of carboxylic acid groups (broad SMARTS) is 1. The van der Waals surface area contributed by atoms with E-state index in [1.807, 2.05) is 30.3 Å². The van der Waals surface area contributed by atoms with Gasteiger partial charge in [0, 0.05) is 23.6 Å². The van der Waals surface area contributed by atoms with Crippen molar-refractivity contribution in [2.24, 2.45) is 0 Å². The van der Waals surface area contributed by atoms with E-state index in [2.05, 4.69) is 36.2 Å². The first kappa shape index (κ1) is 24.9. The van der Waals surface area contributed by atoms with E-state index in [9.17, 15) is 14.7 Å². The van der Waals surface area contributed by atoms with Gasteiger partial charge < -0.3 is 36.6 Å². The van der Waals surface area contributed by atoms with E-state index in [1.54, 1.807) is 6.07 Å². The third-order valence-electron chi connectivity index (χ3n) is 4.95. The monoisotopic (exact) mass is 501 g/mol. The molecule has 0 aliphatic heterocycles. The van der Waals surface area contributed by atoms with E-state index in [4.69, 9.17) is 10.2 Å². The van der Waals surface area contributed by atoms with Crippen molar-refractivity contribution in [3.63, 3.8) is 0 Å². The minimum atomic E-state index is -1.08. The lowest BCUT2D eigenvalue weighted by Gasteiger charge is -2.12. The number of nitrogens with one attached hydrogen (secondary N) is 4. The van der Waals surface area contributed by atoms with Crippen LogP contribution in [0.5, 0.6) is 5.75 Å². The smallest absolute Gasteiger partial charge is 0.335 e. The SMILES string of the molecule is O=C(O)c1ccc(NC(=O)c2cc(Nc3nc(NCCO)nc(Nc4ccccc4)n3)ccc2O)cc1. The van der Waals surface area contributed by atoms with E-state index in [0.29, 0.717) is 11.4 Å². The Kier molecular flexibility index (Phi) is 7.71. The van der Waals surface area contributed by atoms with Crippen LogP contribution in [-0.2, 0) is 0 Å². The van der Waals surface area contributed by atoms with Crippen LogP contribution in [0.4, 0.5) is 34.9 Å². The molecule has 7 N–H and O–H groups in total. The number of aliphatic hydroxyl groups is 1. The fraction of sp³-hybridized carbons (Fsp3) is 0.0800. The summed E-state index contributed by atoms with van der Waals surface area (Å²) in [5.74, 6) is -1.33. The number of phenolic OH excluding ortho intramolecular Hbond substituents is 1. The Balaban J connectivity index is 1.55. The van der Waals surface area contributed by atoms with Crippen LogP contribution in [-0.4, -0.2) is 55.3 Å². The van der Waals surface area contributed by atoms with Crippen molar-refractivity contribution in [1.82, 2.24) is 15.0 Å². The number of rotatable bonds is 10.